The van der Waals surface area contributed by atoms with Crippen molar-refractivity contribution in [2.24, 2.45) is 0 Å². The summed E-state index contributed by atoms with van der Waals surface area (Å²) in [6.45, 7) is 6.03. The first kappa shape index (κ1) is 13.7. The van der Waals surface area contributed by atoms with Gasteiger partial charge in [0.05, 0.1) is 11.1 Å². The van der Waals surface area contributed by atoms with E-state index in [0.717, 1.165) is 23.1 Å². The summed E-state index contributed by atoms with van der Waals surface area (Å²) >= 11 is 0. The molecule has 0 saturated heterocycles. The van der Waals surface area contributed by atoms with Gasteiger partial charge in [-0.1, -0.05) is 39.0 Å². The Kier molecular flexibility index (Phi) is 2.84. The maximum atomic E-state index is 12.7. The highest BCUT2D eigenvalue weighted by molar-refractivity contribution is 6.16. The molecule has 0 aromatic heterocycles. The van der Waals surface area contributed by atoms with Gasteiger partial charge in [0.1, 0.15) is 11.5 Å². The van der Waals surface area contributed by atoms with Gasteiger partial charge in [-0.15, -0.1) is 0 Å². The van der Waals surface area contributed by atoms with Gasteiger partial charge in [0, 0.05) is 5.41 Å². The van der Waals surface area contributed by atoms with Crippen molar-refractivity contribution in [3.05, 3.63) is 58.1 Å². The van der Waals surface area contributed by atoms with E-state index in [-0.39, 0.29) is 17.3 Å². The van der Waals surface area contributed by atoms with Crippen LogP contribution in [0.1, 0.15) is 53.4 Å². The number of aromatic hydroxyl groups is 2. The van der Waals surface area contributed by atoms with Gasteiger partial charge in [0.2, 0.25) is 5.78 Å². The third-order valence-electron chi connectivity index (χ3n) is 4.43. The van der Waals surface area contributed by atoms with Gasteiger partial charge in [-0.05, 0) is 35.2 Å². The van der Waals surface area contributed by atoms with Gasteiger partial charge < -0.3 is 10.2 Å². The molecule has 0 saturated carbocycles. The lowest BCUT2D eigenvalue weighted by Gasteiger charge is -2.35. The van der Waals surface area contributed by atoms with Crippen molar-refractivity contribution in [3.63, 3.8) is 0 Å². The summed E-state index contributed by atoms with van der Waals surface area (Å²) in [6.07, 6.45) is 0.790. The van der Waals surface area contributed by atoms with Crippen molar-refractivity contribution in [3.8, 4) is 11.5 Å². The lowest BCUT2D eigenvalue weighted by molar-refractivity contribution is 0.102. The fourth-order valence-corrected chi connectivity index (χ4v) is 3.19. The Morgan fingerprint density at radius 1 is 1.00 bits per heavy atom. The summed E-state index contributed by atoms with van der Waals surface area (Å²) in [7, 11) is 0. The number of hydrogen-bond donors (Lipinski definition) is 2. The molecular formula is C18H18O3. The number of phenols is 2. The maximum absolute atomic E-state index is 12.7. The molecule has 3 heteroatoms. The van der Waals surface area contributed by atoms with Crippen LogP contribution < -0.4 is 0 Å². The second-order valence-corrected chi connectivity index (χ2v) is 6.04. The van der Waals surface area contributed by atoms with Gasteiger partial charge in [0.15, 0.2) is 0 Å². The van der Waals surface area contributed by atoms with Crippen molar-refractivity contribution >= 4 is 5.78 Å². The molecule has 1 aliphatic rings. The van der Waals surface area contributed by atoms with E-state index in [9.17, 15) is 15.0 Å². The number of hydrogen-bond acceptors (Lipinski definition) is 3. The first-order valence-electron chi connectivity index (χ1n) is 7.11. The summed E-state index contributed by atoms with van der Waals surface area (Å²) in [6, 6.07) is 8.75. The molecular weight excluding hydrogens is 264 g/mol. The van der Waals surface area contributed by atoms with E-state index in [0.29, 0.717) is 11.1 Å². The lowest BCUT2D eigenvalue weighted by Crippen LogP contribution is -2.30. The minimum Gasteiger partial charge on any atom is -0.507 e. The zero-order valence-electron chi connectivity index (χ0n) is 12.4. The topological polar surface area (TPSA) is 57.5 Å². The fourth-order valence-electron chi connectivity index (χ4n) is 3.19. The molecule has 0 spiro atoms. The van der Waals surface area contributed by atoms with E-state index in [1.165, 1.54) is 6.07 Å². The van der Waals surface area contributed by atoms with Crippen LogP contribution in [0.4, 0.5) is 0 Å². The SMILES string of the molecule is CCc1cc(O)c2c(c1)C(C)(C)c1cccc(O)c1C2=O. The minimum atomic E-state index is -0.444. The molecule has 0 atom stereocenters. The summed E-state index contributed by atoms with van der Waals surface area (Å²) < 4.78 is 0. The van der Waals surface area contributed by atoms with Crippen LogP contribution in [0.2, 0.25) is 0 Å². The van der Waals surface area contributed by atoms with Crippen LogP contribution >= 0.6 is 0 Å². The van der Waals surface area contributed by atoms with E-state index in [2.05, 4.69) is 0 Å². The predicted molar refractivity (Wildman–Crippen MR) is 81.2 cm³/mol. The molecule has 0 radical (unpaired) electrons. The third-order valence-corrected chi connectivity index (χ3v) is 4.43. The van der Waals surface area contributed by atoms with Crippen LogP contribution in [0, 0.1) is 0 Å². The van der Waals surface area contributed by atoms with Crippen molar-refractivity contribution in [2.45, 2.75) is 32.6 Å². The summed E-state index contributed by atoms with van der Waals surface area (Å²) in [5.41, 5.74) is 2.78. The van der Waals surface area contributed by atoms with Gasteiger partial charge >= 0.3 is 0 Å². The van der Waals surface area contributed by atoms with Gasteiger partial charge in [-0.25, -0.2) is 0 Å². The Morgan fingerprint density at radius 3 is 2.33 bits per heavy atom. The van der Waals surface area contributed by atoms with E-state index in [4.69, 9.17) is 0 Å². The Hall–Kier alpha value is -2.29. The van der Waals surface area contributed by atoms with Crippen molar-refractivity contribution in [1.29, 1.82) is 0 Å². The molecule has 108 valence electrons. The van der Waals surface area contributed by atoms with Crippen LogP contribution in [0.25, 0.3) is 0 Å². The minimum absolute atomic E-state index is 0.00340. The molecule has 0 bridgehead atoms. The Labute approximate surface area is 123 Å². The highest BCUT2D eigenvalue weighted by Gasteiger charge is 2.40. The van der Waals surface area contributed by atoms with Crippen LogP contribution in [0.5, 0.6) is 11.5 Å². The number of ketones is 1. The van der Waals surface area contributed by atoms with Crippen LogP contribution in [0.15, 0.2) is 30.3 Å². The lowest BCUT2D eigenvalue weighted by atomic mass is 9.67. The number of carbonyl (C=O) groups is 1. The van der Waals surface area contributed by atoms with Crippen molar-refractivity contribution in [2.75, 3.05) is 0 Å². The molecule has 3 rings (SSSR count). The number of phenolic OH excluding ortho intramolecular Hbond substituents is 2. The maximum Gasteiger partial charge on any atom is 0.201 e. The monoisotopic (exact) mass is 282 g/mol. The molecule has 0 unspecified atom stereocenters. The average molecular weight is 282 g/mol. The molecule has 0 aliphatic heterocycles. The Morgan fingerprint density at radius 2 is 1.67 bits per heavy atom. The van der Waals surface area contributed by atoms with E-state index in [1.54, 1.807) is 12.1 Å². The van der Waals surface area contributed by atoms with Crippen LogP contribution in [0.3, 0.4) is 0 Å². The number of aryl methyl sites for hydroxylation is 1. The molecule has 3 nitrogen and oxygen atoms in total. The molecule has 1 aliphatic carbocycles. The smallest absolute Gasteiger partial charge is 0.201 e. The number of fused-ring (bicyclic) bond motifs is 2. The number of benzene rings is 2. The molecule has 2 aromatic rings. The summed E-state index contributed by atoms with van der Waals surface area (Å²) in [5, 5.41) is 20.4. The summed E-state index contributed by atoms with van der Waals surface area (Å²) in [5.74, 6) is -0.343. The third kappa shape index (κ3) is 1.77. The molecule has 0 fully saturated rings. The van der Waals surface area contributed by atoms with Crippen LogP contribution in [-0.4, -0.2) is 16.0 Å². The van der Waals surface area contributed by atoms with Gasteiger partial charge in [0.25, 0.3) is 0 Å². The number of carbonyl (C=O) groups excluding carboxylic acids is 1. The van der Waals surface area contributed by atoms with E-state index in [1.807, 2.05) is 32.9 Å². The average Bonchev–Trinajstić information content (AvgIpc) is 2.44. The van der Waals surface area contributed by atoms with Crippen molar-refractivity contribution < 1.29 is 15.0 Å². The first-order chi connectivity index (χ1) is 9.87. The first-order valence-corrected chi connectivity index (χ1v) is 7.11. The molecule has 21 heavy (non-hydrogen) atoms. The number of rotatable bonds is 1. The normalized spacial score (nSPS) is 15.5. The molecule has 2 N–H and O–H groups in total. The van der Waals surface area contributed by atoms with Crippen molar-refractivity contribution in [1.82, 2.24) is 0 Å². The Balaban J connectivity index is 2.40. The second kappa shape index (κ2) is 4.35. The zero-order chi connectivity index (χ0) is 15.4. The molecule has 0 heterocycles. The van der Waals surface area contributed by atoms with E-state index < -0.39 is 5.41 Å². The fraction of sp³-hybridized carbons (Fsp3) is 0.278. The standard InChI is InChI=1S/C18H18O3/c1-4-10-8-12-16(14(20)9-10)17(21)15-11(18(12,2)3)6-5-7-13(15)19/h5-9,19-20H,4H2,1-3H3. The molecule has 2 aromatic carbocycles. The van der Waals surface area contributed by atoms with Gasteiger partial charge in [-0.2, -0.15) is 0 Å². The molecule has 0 amide bonds. The highest BCUT2D eigenvalue weighted by atomic mass is 16.3. The predicted octanol–water partition coefficient (Wildman–Crippen LogP) is 3.53. The summed E-state index contributed by atoms with van der Waals surface area (Å²) in [4.78, 5) is 12.7. The Bertz CT molecular complexity index is 757. The van der Waals surface area contributed by atoms with E-state index >= 15 is 0 Å². The highest BCUT2D eigenvalue weighted by Crippen LogP contribution is 2.46. The van der Waals surface area contributed by atoms with Gasteiger partial charge in [-0.3, -0.25) is 4.79 Å². The quantitative estimate of drug-likeness (QED) is 0.841. The second-order valence-electron chi connectivity index (χ2n) is 6.04. The zero-order valence-corrected chi connectivity index (χ0v) is 12.4. The largest absolute Gasteiger partial charge is 0.507 e. The van der Waals surface area contributed by atoms with Crippen LogP contribution in [-0.2, 0) is 11.8 Å².